The molecule has 1 heterocycles. The van der Waals surface area contributed by atoms with Gasteiger partial charge in [-0.05, 0) is 81.3 Å². The molecule has 25 heavy (non-hydrogen) atoms. The van der Waals surface area contributed by atoms with Gasteiger partial charge in [-0.15, -0.1) is 0 Å². The van der Waals surface area contributed by atoms with Crippen LogP contribution in [-0.2, 0) is 14.3 Å². The Bertz CT molecular complexity index is 698. The topological polar surface area (TPSA) is 66.9 Å². The van der Waals surface area contributed by atoms with Crippen molar-refractivity contribution < 1.29 is 19.4 Å². The van der Waals surface area contributed by atoms with E-state index in [4.69, 9.17) is 4.74 Å². The Kier molecular flexibility index (Phi) is 3.00. The van der Waals surface area contributed by atoms with Crippen LogP contribution >= 0.6 is 0 Å². The molecule has 0 aromatic rings. The van der Waals surface area contributed by atoms with Crippen molar-refractivity contribution in [1.29, 1.82) is 0 Å². The molecule has 4 fully saturated rings. The number of hydrogen-bond acceptors (Lipinski definition) is 4. The zero-order valence-electron chi connectivity index (χ0n) is 15.3. The van der Waals surface area contributed by atoms with E-state index in [1.807, 2.05) is 6.92 Å². The summed E-state index contributed by atoms with van der Waals surface area (Å²) in [6, 6.07) is 0. The lowest BCUT2D eigenvalue weighted by Gasteiger charge is -2.57. The van der Waals surface area contributed by atoms with Crippen molar-refractivity contribution in [3.8, 4) is 0 Å². The lowest BCUT2D eigenvalue weighted by molar-refractivity contribution is -0.151. The Hall–Kier alpha value is -1.00. The van der Waals surface area contributed by atoms with Gasteiger partial charge in [0.25, 0.3) is 0 Å². The van der Waals surface area contributed by atoms with E-state index in [9.17, 15) is 14.7 Å². The molecular formula is C21H28O4. The molecule has 5 rings (SSSR count). The SMILES string of the molecule is CC(=O)C1CCC2C3CC4OC45C(O)C=CC(=O)C5(C)C3CCC12C. The highest BCUT2D eigenvalue weighted by Crippen LogP contribution is 2.72. The van der Waals surface area contributed by atoms with Gasteiger partial charge in [0.2, 0.25) is 0 Å². The smallest absolute Gasteiger partial charge is 0.164 e. The minimum absolute atomic E-state index is 0.0126. The van der Waals surface area contributed by atoms with Gasteiger partial charge in [-0.1, -0.05) is 6.92 Å². The minimum Gasteiger partial charge on any atom is -0.386 e. The fraction of sp³-hybridized carbons (Fsp3) is 0.810. The number of fused-ring (bicyclic) bond motifs is 4. The van der Waals surface area contributed by atoms with Crippen molar-refractivity contribution in [2.24, 2.45) is 34.5 Å². The maximum Gasteiger partial charge on any atom is 0.164 e. The molecule has 0 aromatic heterocycles. The predicted molar refractivity (Wildman–Crippen MR) is 91.7 cm³/mol. The van der Waals surface area contributed by atoms with Gasteiger partial charge < -0.3 is 9.84 Å². The number of ether oxygens (including phenoxy) is 1. The maximum absolute atomic E-state index is 13.0. The van der Waals surface area contributed by atoms with Gasteiger partial charge in [-0.2, -0.15) is 0 Å². The average Bonchev–Trinajstić information content (AvgIpc) is 3.18. The van der Waals surface area contributed by atoms with Crippen LogP contribution < -0.4 is 0 Å². The van der Waals surface area contributed by atoms with Gasteiger partial charge in [-0.3, -0.25) is 9.59 Å². The number of aliphatic hydroxyl groups excluding tert-OH is 1. The van der Waals surface area contributed by atoms with E-state index < -0.39 is 17.1 Å². The fourth-order valence-electron chi connectivity index (χ4n) is 7.86. The third kappa shape index (κ3) is 1.63. The highest BCUT2D eigenvalue weighted by molar-refractivity contribution is 5.98. The first kappa shape index (κ1) is 16.2. The summed E-state index contributed by atoms with van der Waals surface area (Å²) in [5.74, 6) is 1.80. The van der Waals surface area contributed by atoms with Crippen molar-refractivity contribution in [2.75, 3.05) is 0 Å². The van der Waals surface area contributed by atoms with Crippen LogP contribution in [0.2, 0.25) is 0 Å². The zero-order chi connectivity index (χ0) is 17.8. The number of allylic oxidation sites excluding steroid dienone is 1. The van der Waals surface area contributed by atoms with E-state index in [2.05, 4.69) is 6.92 Å². The quantitative estimate of drug-likeness (QED) is 0.743. The van der Waals surface area contributed by atoms with Crippen LogP contribution in [-0.4, -0.2) is 34.5 Å². The van der Waals surface area contributed by atoms with Crippen molar-refractivity contribution in [1.82, 2.24) is 0 Å². The molecule has 1 N–H and O–H groups in total. The number of aliphatic hydroxyl groups is 1. The Morgan fingerprint density at radius 3 is 2.72 bits per heavy atom. The highest BCUT2D eigenvalue weighted by Gasteiger charge is 2.80. The summed E-state index contributed by atoms with van der Waals surface area (Å²) >= 11 is 0. The third-order valence-electron chi connectivity index (χ3n) is 9.11. The summed E-state index contributed by atoms with van der Waals surface area (Å²) in [5.41, 5.74) is -1.23. The van der Waals surface area contributed by atoms with Crippen LogP contribution in [0.25, 0.3) is 0 Å². The van der Waals surface area contributed by atoms with E-state index in [0.717, 1.165) is 32.1 Å². The van der Waals surface area contributed by atoms with Gasteiger partial charge in [0.1, 0.15) is 17.5 Å². The first-order chi connectivity index (χ1) is 11.8. The second kappa shape index (κ2) is 4.64. The molecule has 4 heteroatoms. The molecule has 9 unspecified atom stereocenters. The molecule has 9 atom stereocenters. The van der Waals surface area contributed by atoms with Crippen LogP contribution in [0, 0.1) is 34.5 Å². The number of rotatable bonds is 1. The van der Waals surface area contributed by atoms with E-state index in [1.165, 1.54) is 0 Å². The second-order valence-corrected chi connectivity index (χ2v) is 9.67. The summed E-state index contributed by atoms with van der Waals surface area (Å²) in [6.45, 7) is 6.09. The number of carbonyl (C=O) groups is 2. The molecule has 0 radical (unpaired) electrons. The fourth-order valence-corrected chi connectivity index (χ4v) is 7.86. The average molecular weight is 344 g/mol. The van der Waals surface area contributed by atoms with Gasteiger partial charge in [-0.25, -0.2) is 0 Å². The van der Waals surface area contributed by atoms with Crippen molar-refractivity contribution in [3.05, 3.63) is 12.2 Å². The number of hydrogen-bond donors (Lipinski definition) is 1. The number of ketones is 2. The normalized spacial score (nSPS) is 58.8. The zero-order valence-corrected chi connectivity index (χ0v) is 15.3. The summed E-state index contributed by atoms with van der Waals surface area (Å²) < 4.78 is 6.11. The predicted octanol–water partition coefficient (Wildman–Crippen LogP) is 2.68. The van der Waals surface area contributed by atoms with Crippen LogP contribution in [0.4, 0.5) is 0 Å². The number of carbonyl (C=O) groups excluding carboxylic acids is 2. The van der Waals surface area contributed by atoms with E-state index >= 15 is 0 Å². The largest absolute Gasteiger partial charge is 0.386 e. The molecule has 1 saturated heterocycles. The monoisotopic (exact) mass is 344 g/mol. The van der Waals surface area contributed by atoms with Gasteiger partial charge in [0.15, 0.2) is 5.78 Å². The van der Waals surface area contributed by atoms with Crippen molar-refractivity contribution in [3.63, 3.8) is 0 Å². The first-order valence-electron chi connectivity index (χ1n) is 9.86. The van der Waals surface area contributed by atoms with Gasteiger partial charge in [0.05, 0.1) is 11.5 Å². The van der Waals surface area contributed by atoms with E-state index in [1.54, 1.807) is 19.1 Å². The van der Waals surface area contributed by atoms with E-state index in [0.29, 0.717) is 17.6 Å². The molecule has 5 aliphatic rings. The van der Waals surface area contributed by atoms with Gasteiger partial charge >= 0.3 is 0 Å². The van der Waals surface area contributed by atoms with Crippen LogP contribution in [0.15, 0.2) is 12.2 Å². The van der Waals surface area contributed by atoms with Crippen molar-refractivity contribution >= 4 is 11.6 Å². The second-order valence-electron chi connectivity index (χ2n) is 9.67. The Balaban J connectivity index is 1.56. The molecule has 0 amide bonds. The van der Waals surface area contributed by atoms with Crippen LogP contribution in [0.3, 0.4) is 0 Å². The molecule has 4 aliphatic carbocycles. The molecule has 0 bridgehead atoms. The molecule has 1 aliphatic heterocycles. The number of Topliss-reactive ketones (excluding diaryl/α,β-unsaturated/α-hetero) is 1. The minimum atomic E-state index is -0.688. The maximum atomic E-state index is 13.0. The summed E-state index contributed by atoms with van der Waals surface area (Å²) in [6.07, 6.45) is 7.49. The molecular weight excluding hydrogens is 316 g/mol. The Morgan fingerprint density at radius 2 is 2.00 bits per heavy atom. The molecule has 136 valence electrons. The molecule has 1 spiro atoms. The summed E-state index contributed by atoms with van der Waals surface area (Å²) in [7, 11) is 0. The number of epoxide rings is 1. The third-order valence-corrected chi connectivity index (χ3v) is 9.11. The molecule has 4 nitrogen and oxygen atoms in total. The summed E-state index contributed by atoms with van der Waals surface area (Å²) in [4.78, 5) is 25.2. The summed E-state index contributed by atoms with van der Waals surface area (Å²) in [5, 5.41) is 10.6. The molecule has 3 saturated carbocycles. The van der Waals surface area contributed by atoms with E-state index in [-0.39, 0.29) is 29.1 Å². The van der Waals surface area contributed by atoms with Crippen LogP contribution in [0.5, 0.6) is 0 Å². The lowest BCUT2D eigenvalue weighted by Crippen LogP contribution is -2.63. The first-order valence-corrected chi connectivity index (χ1v) is 9.86. The van der Waals surface area contributed by atoms with Crippen molar-refractivity contribution in [2.45, 2.75) is 70.7 Å². The Labute approximate surface area is 149 Å². The van der Waals surface area contributed by atoms with Crippen LogP contribution in [0.1, 0.15) is 52.9 Å². The highest BCUT2D eigenvalue weighted by atomic mass is 16.6. The lowest BCUT2D eigenvalue weighted by atomic mass is 9.44. The van der Waals surface area contributed by atoms with Gasteiger partial charge in [0, 0.05) is 5.92 Å². The Morgan fingerprint density at radius 1 is 1.24 bits per heavy atom. The molecule has 0 aromatic carbocycles. The standard InChI is InChI=1S/C21H28O4/c1-11(22)13-4-5-14-12-10-18-21(25-18)17(24)7-6-16(23)20(21,3)15(12)8-9-19(13,14)2/h6-7,12-15,17-18,24H,4-5,8-10H2,1-3H3.